The van der Waals surface area contributed by atoms with Gasteiger partial charge in [0.2, 0.25) is 0 Å². The molecule has 2 heterocycles. The predicted molar refractivity (Wildman–Crippen MR) is 73.5 cm³/mol. The van der Waals surface area contributed by atoms with E-state index in [0.29, 0.717) is 15.2 Å². The van der Waals surface area contributed by atoms with Gasteiger partial charge in [-0.3, -0.25) is 0 Å². The second kappa shape index (κ2) is 4.43. The monoisotopic (exact) mass is 297 g/mol. The molecular formula is C12H6Cl3N3. The third kappa shape index (κ3) is 2.05. The van der Waals surface area contributed by atoms with Crippen LogP contribution in [0.2, 0.25) is 15.2 Å². The Morgan fingerprint density at radius 1 is 0.944 bits per heavy atom. The van der Waals surface area contributed by atoms with Gasteiger partial charge in [0, 0.05) is 5.56 Å². The molecule has 0 radical (unpaired) electrons. The first-order valence-electron chi connectivity index (χ1n) is 5.11. The zero-order valence-electron chi connectivity index (χ0n) is 8.94. The van der Waals surface area contributed by atoms with Gasteiger partial charge in [-0.25, -0.2) is 9.50 Å². The minimum absolute atomic E-state index is 0.417. The van der Waals surface area contributed by atoms with Gasteiger partial charge in [-0.15, -0.1) is 0 Å². The average molecular weight is 299 g/mol. The van der Waals surface area contributed by atoms with Crippen molar-refractivity contribution in [3.05, 3.63) is 51.7 Å². The van der Waals surface area contributed by atoms with E-state index in [9.17, 15) is 0 Å². The van der Waals surface area contributed by atoms with Gasteiger partial charge in [-0.1, -0.05) is 40.9 Å². The fourth-order valence-corrected chi connectivity index (χ4v) is 2.10. The Kier molecular flexibility index (Phi) is 2.90. The minimum atomic E-state index is 0.417. The van der Waals surface area contributed by atoms with Crippen LogP contribution in [-0.4, -0.2) is 14.6 Å². The summed E-state index contributed by atoms with van der Waals surface area (Å²) in [7, 11) is 0. The largest absolute Gasteiger partial charge is 0.227 e. The number of nitrogens with zero attached hydrogens (tertiary/aromatic N) is 3. The first-order valence-corrected chi connectivity index (χ1v) is 6.24. The van der Waals surface area contributed by atoms with E-state index in [2.05, 4.69) is 10.1 Å². The van der Waals surface area contributed by atoms with Crippen LogP contribution < -0.4 is 0 Å². The van der Waals surface area contributed by atoms with E-state index in [1.54, 1.807) is 35.0 Å². The highest BCUT2D eigenvalue weighted by molar-refractivity contribution is 6.42. The molecule has 3 nitrogen and oxygen atoms in total. The van der Waals surface area contributed by atoms with Crippen molar-refractivity contribution in [1.29, 1.82) is 0 Å². The number of hydrogen-bond donors (Lipinski definition) is 0. The normalized spacial score (nSPS) is 11.1. The summed E-state index contributed by atoms with van der Waals surface area (Å²) in [5, 5.41) is 5.56. The van der Waals surface area contributed by atoms with Crippen molar-refractivity contribution >= 4 is 40.4 Å². The molecule has 0 N–H and O–H groups in total. The quantitative estimate of drug-likeness (QED) is 0.668. The van der Waals surface area contributed by atoms with Crippen LogP contribution >= 0.6 is 34.8 Å². The molecule has 1 aromatic carbocycles. The molecule has 6 heteroatoms. The molecule has 0 aliphatic heterocycles. The number of hydrogen-bond acceptors (Lipinski definition) is 2. The predicted octanol–water partition coefficient (Wildman–Crippen LogP) is 4.36. The standard InChI is InChI=1S/C12H6Cl3N3/c13-8-2-1-7(5-9(8)14)10-6-18-12(16-10)4-3-11(15)17-18/h1-6H. The molecule has 0 fully saturated rings. The molecule has 90 valence electrons. The van der Waals surface area contributed by atoms with E-state index < -0.39 is 0 Å². The first kappa shape index (κ1) is 11.8. The van der Waals surface area contributed by atoms with Crippen molar-refractivity contribution in [2.24, 2.45) is 0 Å². The van der Waals surface area contributed by atoms with E-state index >= 15 is 0 Å². The average Bonchev–Trinajstić information content (AvgIpc) is 2.75. The fraction of sp³-hybridized carbons (Fsp3) is 0. The van der Waals surface area contributed by atoms with E-state index in [-0.39, 0.29) is 0 Å². The highest BCUT2D eigenvalue weighted by atomic mass is 35.5. The van der Waals surface area contributed by atoms with Gasteiger partial charge in [0.15, 0.2) is 5.65 Å². The van der Waals surface area contributed by atoms with Gasteiger partial charge in [0.25, 0.3) is 0 Å². The molecule has 3 aromatic rings. The molecule has 0 aliphatic carbocycles. The summed E-state index contributed by atoms with van der Waals surface area (Å²) in [5.41, 5.74) is 2.37. The van der Waals surface area contributed by atoms with Crippen molar-refractivity contribution in [2.75, 3.05) is 0 Å². The van der Waals surface area contributed by atoms with Gasteiger partial charge in [-0.2, -0.15) is 5.10 Å². The Balaban J connectivity index is 2.16. The van der Waals surface area contributed by atoms with Gasteiger partial charge < -0.3 is 0 Å². The van der Waals surface area contributed by atoms with Crippen LogP contribution in [0.5, 0.6) is 0 Å². The summed E-state index contributed by atoms with van der Waals surface area (Å²) in [4.78, 5) is 4.43. The minimum Gasteiger partial charge on any atom is -0.227 e. The summed E-state index contributed by atoms with van der Waals surface area (Å²) in [6.07, 6.45) is 1.79. The van der Waals surface area contributed by atoms with Crippen LogP contribution in [0.1, 0.15) is 0 Å². The Hall–Kier alpha value is -1.29. The van der Waals surface area contributed by atoms with Crippen molar-refractivity contribution < 1.29 is 0 Å². The molecule has 0 saturated heterocycles. The lowest BCUT2D eigenvalue weighted by atomic mass is 10.2. The number of imidazole rings is 1. The van der Waals surface area contributed by atoms with E-state index in [1.165, 1.54) is 0 Å². The van der Waals surface area contributed by atoms with Crippen LogP contribution in [0.4, 0.5) is 0 Å². The maximum atomic E-state index is 5.98. The molecular weight excluding hydrogens is 293 g/mol. The Labute approximate surface area is 118 Å². The summed E-state index contributed by atoms with van der Waals surface area (Å²) in [5.74, 6) is 0. The van der Waals surface area contributed by atoms with Crippen molar-refractivity contribution in [1.82, 2.24) is 14.6 Å². The second-order valence-corrected chi connectivity index (χ2v) is 4.92. The van der Waals surface area contributed by atoms with E-state index in [1.807, 2.05) is 6.07 Å². The van der Waals surface area contributed by atoms with Crippen LogP contribution in [0.15, 0.2) is 36.5 Å². The number of fused-ring (bicyclic) bond motifs is 1. The smallest absolute Gasteiger partial charge is 0.154 e. The lowest BCUT2D eigenvalue weighted by Crippen LogP contribution is -1.88. The SMILES string of the molecule is Clc1ccc2nc(-c3ccc(Cl)c(Cl)c3)cn2n1. The topological polar surface area (TPSA) is 30.2 Å². The highest BCUT2D eigenvalue weighted by Crippen LogP contribution is 2.28. The van der Waals surface area contributed by atoms with Gasteiger partial charge in [0.05, 0.1) is 21.9 Å². The third-order valence-electron chi connectivity index (χ3n) is 2.50. The van der Waals surface area contributed by atoms with Gasteiger partial charge >= 0.3 is 0 Å². The Morgan fingerprint density at radius 3 is 2.56 bits per heavy atom. The molecule has 0 bridgehead atoms. The fourth-order valence-electron chi connectivity index (χ4n) is 1.65. The molecule has 3 rings (SSSR count). The summed E-state index contributed by atoms with van der Waals surface area (Å²) >= 11 is 17.7. The maximum absolute atomic E-state index is 5.98. The van der Waals surface area contributed by atoms with Gasteiger partial charge in [-0.05, 0) is 24.3 Å². The van der Waals surface area contributed by atoms with Gasteiger partial charge in [0.1, 0.15) is 5.15 Å². The lowest BCUT2D eigenvalue weighted by Gasteiger charge is -1.98. The van der Waals surface area contributed by atoms with E-state index in [4.69, 9.17) is 34.8 Å². The van der Waals surface area contributed by atoms with Crippen molar-refractivity contribution in [3.63, 3.8) is 0 Å². The van der Waals surface area contributed by atoms with Crippen LogP contribution in [-0.2, 0) is 0 Å². The second-order valence-electron chi connectivity index (χ2n) is 3.71. The Morgan fingerprint density at radius 2 is 1.78 bits per heavy atom. The number of halogens is 3. The molecule has 0 unspecified atom stereocenters. The van der Waals surface area contributed by atoms with Crippen molar-refractivity contribution in [2.45, 2.75) is 0 Å². The molecule has 0 amide bonds. The Bertz CT molecular complexity index is 737. The molecule has 0 saturated carbocycles. The maximum Gasteiger partial charge on any atom is 0.154 e. The molecule has 0 atom stereocenters. The molecule has 0 spiro atoms. The summed E-state index contributed by atoms with van der Waals surface area (Å²) in [6, 6.07) is 8.87. The van der Waals surface area contributed by atoms with Crippen LogP contribution in [0.3, 0.4) is 0 Å². The molecule has 0 aliphatic rings. The molecule has 18 heavy (non-hydrogen) atoms. The van der Waals surface area contributed by atoms with Crippen LogP contribution in [0, 0.1) is 0 Å². The number of aromatic nitrogens is 3. The zero-order valence-corrected chi connectivity index (χ0v) is 11.2. The zero-order chi connectivity index (χ0) is 12.7. The molecule has 2 aromatic heterocycles. The first-order chi connectivity index (χ1) is 8.63. The summed E-state index contributed by atoms with van der Waals surface area (Å²) < 4.78 is 1.63. The van der Waals surface area contributed by atoms with Crippen molar-refractivity contribution in [3.8, 4) is 11.3 Å². The lowest BCUT2D eigenvalue weighted by molar-refractivity contribution is 0.937. The van der Waals surface area contributed by atoms with E-state index in [0.717, 1.165) is 16.9 Å². The highest BCUT2D eigenvalue weighted by Gasteiger charge is 2.07. The third-order valence-corrected chi connectivity index (χ3v) is 3.44. The van der Waals surface area contributed by atoms with Crippen LogP contribution in [0.25, 0.3) is 16.9 Å². The summed E-state index contributed by atoms with van der Waals surface area (Å²) in [6.45, 7) is 0. The number of benzene rings is 1. The number of rotatable bonds is 1.